The lowest BCUT2D eigenvalue weighted by molar-refractivity contribution is -0.114. The van der Waals surface area contributed by atoms with E-state index in [1.807, 2.05) is 0 Å². The first kappa shape index (κ1) is 18.0. The predicted octanol–water partition coefficient (Wildman–Crippen LogP) is 1.98. The second-order valence-corrected chi connectivity index (χ2v) is 8.78. The Bertz CT molecular complexity index is 1030. The van der Waals surface area contributed by atoms with Crippen LogP contribution >= 0.6 is 11.3 Å². The lowest BCUT2D eigenvalue weighted by atomic mass is 10.3. The van der Waals surface area contributed by atoms with E-state index in [-0.39, 0.29) is 10.8 Å². The lowest BCUT2D eigenvalue weighted by Gasteiger charge is -2.26. The molecule has 27 heavy (non-hydrogen) atoms. The fraction of sp³-hybridized carbons (Fsp3) is 0.312. The fourth-order valence-corrected chi connectivity index (χ4v) is 4.97. The summed E-state index contributed by atoms with van der Waals surface area (Å²) in [5.74, 6) is 0.193. The maximum Gasteiger partial charge on any atom is 0.243 e. The van der Waals surface area contributed by atoms with Crippen molar-refractivity contribution in [3.05, 3.63) is 23.9 Å². The number of hydrogen-bond acceptors (Lipinski definition) is 8. The molecular weight excluding hydrogens is 392 g/mol. The van der Waals surface area contributed by atoms with Crippen LogP contribution in [-0.4, -0.2) is 56.1 Å². The Morgan fingerprint density at radius 2 is 2.07 bits per heavy atom. The van der Waals surface area contributed by atoms with E-state index >= 15 is 0 Å². The highest BCUT2D eigenvalue weighted by atomic mass is 32.2. The number of amides is 1. The number of nitrogens with zero attached hydrogens (tertiary/aromatic N) is 3. The molecule has 0 bridgehead atoms. The quantitative estimate of drug-likeness (QED) is 0.710. The van der Waals surface area contributed by atoms with E-state index in [1.54, 1.807) is 6.07 Å². The van der Waals surface area contributed by atoms with Crippen molar-refractivity contribution in [1.29, 1.82) is 0 Å². The second-order valence-electron chi connectivity index (χ2n) is 5.88. The van der Waals surface area contributed by atoms with Gasteiger partial charge in [0.05, 0.1) is 24.3 Å². The molecule has 2 aromatic rings. The van der Waals surface area contributed by atoms with Gasteiger partial charge in [-0.2, -0.15) is 4.31 Å². The van der Waals surface area contributed by atoms with Crippen LogP contribution in [-0.2, 0) is 19.6 Å². The molecule has 11 heteroatoms. The van der Waals surface area contributed by atoms with E-state index in [4.69, 9.17) is 9.47 Å². The molecule has 0 spiro atoms. The monoisotopic (exact) mass is 408 g/mol. The highest BCUT2D eigenvalue weighted by molar-refractivity contribution is 7.89. The van der Waals surface area contributed by atoms with E-state index in [0.717, 1.165) is 0 Å². The van der Waals surface area contributed by atoms with E-state index in [2.05, 4.69) is 15.3 Å². The van der Waals surface area contributed by atoms with Gasteiger partial charge in [-0.3, -0.25) is 9.79 Å². The first-order chi connectivity index (χ1) is 12.9. The summed E-state index contributed by atoms with van der Waals surface area (Å²) in [7, 11) is -3.62. The van der Waals surface area contributed by atoms with Gasteiger partial charge in [0.1, 0.15) is 11.4 Å². The lowest BCUT2D eigenvalue weighted by Crippen LogP contribution is -2.40. The van der Waals surface area contributed by atoms with Gasteiger partial charge in [-0.15, -0.1) is 0 Å². The Balaban J connectivity index is 1.64. The standard InChI is InChI=1S/C16H16N4O5S2/c1-10(21)18-16-19-13-9-17-12-8-11(2-3-14(12)25-15(13)26-16)27(22,23)20-4-6-24-7-5-20/h2-3,8-9H,4-7H2,1H3,(H,18,19,21). The van der Waals surface area contributed by atoms with Gasteiger partial charge >= 0.3 is 0 Å². The van der Waals surface area contributed by atoms with Crippen LogP contribution in [0.15, 0.2) is 28.1 Å². The first-order valence-corrected chi connectivity index (χ1v) is 10.4. The number of fused-ring (bicyclic) bond motifs is 2. The van der Waals surface area contributed by atoms with Crippen LogP contribution < -0.4 is 10.1 Å². The number of rotatable bonds is 3. The molecule has 2 aliphatic rings. The molecule has 142 valence electrons. The van der Waals surface area contributed by atoms with Crippen molar-refractivity contribution in [1.82, 2.24) is 9.29 Å². The third-order valence-electron chi connectivity index (χ3n) is 3.97. The first-order valence-electron chi connectivity index (χ1n) is 8.16. The molecule has 0 atom stereocenters. The second kappa shape index (κ2) is 7.00. The van der Waals surface area contributed by atoms with Gasteiger partial charge in [-0.05, 0) is 18.2 Å². The highest BCUT2D eigenvalue weighted by Gasteiger charge is 2.28. The number of aromatic nitrogens is 1. The van der Waals surface area contributed by atoms with Crippen LogP contribution in [0.2, 0.25) is 0 Å². The SMILES string of the molecule is CC(=O)Nc1nc2c(s1)Oc1ccc(S(=O)(=O)N3CCOCC3)cc1N=C2. The summed E-state index contributed by atoms with van der Waals surface area (Å²) in [5.41, 5.74) is 0.869. The van der Waals surface area contributed by atoms with Crippen molar-refractivity contribution < 1.29 is 22.7 Å². The summed E-state index contributed by atoms with van der Waals surface area (Å²) < 4.78 is 38.0. The van der Waals surface area contributed by atoms with Gasteiger partial charge in [0.15, 0.2) is 10.9 Å². The van der Waals surface area contributed by atoms with Crippen molar-refractivity contribution in [3.8, 4) is 10.8 Å². The normalized spacial score (nSPS) is 16.8. The summed E-state index contributed by atoms with van der Waals surface area (Å²) in [6.07, 6.45) is 1.49. The molecule has 0 saturated carbocycles. The molecule has 1 aromatic carbocycles. The van der Waals surface area contributed by atoms with Crippen LogP contribution in [0.25, 0.3) is 0 Å². The number of hydrogen-bond donors (Lipinski definition) is 1. The minimum absolute atomic E-state index is 0.154. The molecule has 0 radical (unpaired) electrons. The van der Waals surface area contributed by atoms with Crippen LogP contribution in [0.5, 0.6) is 10.8 Å². The maximum atomic E-state index is 12.8. The molecule has 4 rings (SSSR count). The van der Waals surface area contributed by atoms with E-state index in [1.165, 1.54) is 40.9 Å². The highest BCUT2D eigenvalue weighted by Crippen LogP contribution is 2.41. The predicted molar refractivity (Wildman–Crippen MR) is 99.8 cm³/mol. The topological polar surface area (TPSA) is 110 Å². The van der Waals surface area contributed by atoms with Crippen molar-refractivity contribution >= 4 is 44.3 Å². The number of aliphatic imine (C=N–C) groups is 1. The van der Waals surface area contributed by atoms with Gasteiger partial charge in [0, 0.05) is 20.0 Å². The third kappa shape index (κ3) is 3.58. The average molecular weight is 408 g/mol. The molecule has 1 amide bonds. The van der Waals surface area contributed by atoms with Crippen LogP contribution in [0.4, 0.5) is 10.8 Å². The number of benzene rings is 1. The Kier molecular flexibility index (Phi) is 4.68. The molecule has 0 unspecified atom stereocenters. The molecule has 0 aliphatic carbocycles. The van der Waals surface area contributed by atoms with Crippen LogP contribution in [0.1, 0.15) is 12.6 Å². The zero-order chi connectivity index (χ0) is 19.0. The minimum Gasteiger partial charge on any atom is -0.442 e. The Labute approximate surface area is 159 Å². The van der Waals surface area contributed by atoms with Crippen LogP contribution in [0.3, 0.4) is 0 Å². The average Bonchev–Trinajstić information content (AvgIpc) is 2.93. The van der Waals surface area contributed by atoms with Gasteiger partial charge in [0.2, 0.25) is 21.0 Å². The van der Waals surface area contributed by atoms with E-state index in [9.17, 15) is 13.2 Å². The summed E-state index contributed by atoms with van der Waals surface area (Å²) >= 11 is 1.18. The number of carbonyl (C=O) groups is 1. The largest absolute Gasteiger partial charge is 0.442 e. The summed E-state index contributed by atoms with van der Waals surface area (Å²) in [4.78, 5) is 19.9. The number of morpholine rings is 1. The van der Waals surface area contributed by atoms with Gasteiger partial charge < -0.3 is 14.8 Å². The molecule has 1 fully saturated rings. The Morgan fingerprint density at radius 1 is 1.30 bits per heavy atom. The third-order valence-corrected chi connectivity index (χ3v) is 6.73. The van der Waals surface area contributed by atoms with Crippen molar-refractivity contribution in [3.63, 3.8) is 0 Å². The van der Waals surface area contributed by atoms with Gasteiger partial charge in [-0.25, -0.2) is 13.4 Å². The molecule has 1 aromatic heterocycles. The van der Waals surface area contributed by atoms with E-state index in [0.29, 0.717) is 53.6 Å². The number of ether oxygens (including phenoxy) is 2. The summed E-state index contributed by atoms with van der Waals surface area (Å²) in [6.45, 7) is 2.81. The molecule has 9 nitrogen and oxygen atoms in total. The maximum absolute atomic E-state index is 12.8. The van der Waals surface area contributed by atoms with E-state index < -0.39 is 10.0 Å². The van der Waals surface area contributed by atoms with Gasteiger partial charge in [-0.1, -0.05) is 11.3 Å². The minimum atomic E-state index is -3.62. The van der Waals surface area contributed by atoms with Crippen molar-refractivity contribution in [2.45, 2.75) is 11.8 Å². The van der Waals surface area contributed by atoms with Gasteiger partial charge in [0.25, 0.3) is 0 Å². The summed E-state index contributed by atoms with van der Waals surface area (Å²) in [6, 6.07) is 4.56. The van der Waals surface area contributed by atoms with Crippen molar-refractivity contribution in [2.75, 3.05) is 31.6 Å². The molecule has 2 aliphatic heterocycles. The number of nitrogens with one attached hydrogen (secondary N) is 1. The number of carbonyl (C=O) groups excluding carboxylic acids is 1. The van der Waals surface area contributed by atoms with Crippen molar-refractivity contribution in [2.24, 2.45) is 4.99 Å². The molecule has 1 saturated heterocycles. The zero-order valence-corrected chi connectivity index (χ0v) is 16.0. The zero-order valence-electron chi connectivity index (χ0n) is 14.3. The number of sulfonamides is 1. The fourth-order valence-electron chi connectivity index (χ4n) is 2.69. The smallest absolute Gasteiger partial charge is 0.243 e. The molecular formula is C16H16N4O5S2. The molecule has 1 N–H and O–H groups in total. The number of anilines is 1. The summed E-state index contributed by atoms with van der Waals surface area (Å²) in [5, 5.41) is 3.49. The Hall–Kier alpha value is -2.34. The molecule has 3 heterocycles. The van der Waals surface area contributed by atoms with Crippen LogP contribution in [0, 0.1) is 0 Å². The number of thiazole rings is 1. The Morgan fingerprint density at radius 3 is 2.81 bits per heavy atom.